The molecule has 0 heterocycles. The van der Waals surface area contributed by atoms with Crippen molar-refractivity contribution in [1.82, 2.24) is 0 Å². The molecule has 0 amide bonds. The van der Waals surface area contributed by atoms with Gasteiger partial charge in [-0.3, -0.25) is 0 Å². The summed E-state index contributed by atoms with van der Waals surface area (Å²) in [5.74, 6) is 0. The van der Waals surface area contributed by atoms with Gasteiger partial charge in [-0.2, -0.15) is 0 Å². The molecule has 0 aliphatic rings. The third-order valence-electron chi connectivity index (χ3n) is 4.35. The molecular weight excluding hydrogens is 254 g/mol. The summed E-state index contributed by atoms with van der Waals surface area (Å²) in [5, 5.41) is 0. The lowest BCUT2D eigenvalue weighted by atomic mass is 9.89. The van der Waals surface area contributed by atoms with Crippen LogP contribution in [0, 0.1) is 0 Å². The number of anilines is 1. The molecule has 0 aliphatic heterocycles. The summed E-state index contributed by atoms with van der Waals surface area (Å²) >= 11 is 0. The van der Waals surface area contributed by atoms with Crippen LogP contribution in [0.1, 0.15) is 76.0 Å². The molecule has 0 radical (unpaired) electrons. The van der Waals surface area contributed by atoms with Crippen molar-refractivity contribution in [2.45, 2.75) is 78.6 Å². The van der Waals surface area contributed by atoms with Crippen molar-refractivity contribution in [3.8, 4) is 0 Å². The minimum atomic E-state index is 1.24. The second-order valence-electron chi connectivity index (χ2n) is 6.41. The Kier molecular flexibility index (Phi) is 8.49. The summed E-state index contributed by atoms with van der Waals surface area (Å²) < 4.78 is 0. The van der Waals surface area contributed by atoms with E-state index in [0.29, 0.717) is 0 Å². The molecule has 0 aliphatic carbocycles. The van der Waals surface area contributed by atoms with Crippen LogP contribution in [0.15, 0.2) is 12.1 Å². The highest BCUT2D eigenvalue weighted by Crippen LogP contribution is 2.30. The number of unbranched alkanes of at least 4 members (excludes halogenated alkanes) is 3. The van der Waals surface area contributed by atoms with E-state index in [1.165, 1.54) is 63.5 Å². The van der Waals surface area contributed by atoms with Crippen LogP contribution < -0.4 is 4.90 Å². The first-order chi connectivity index (χ1) is 10.2. The van der Waals surface area contributed by atoms with Gasteiger partial charge in [0.15, 0.2) is 0 Å². The van der Waals surface area contributed by atoms with Crippen LogP contribution in [0.4, 0.5) is 5.69 Å². The van der Waals surface area contributed by atoms with Gasteiger partial charge in [0.1, 0.15) is 0 Å². The monoisotopic (exact) mass is 289 g/mol. The van der Waals surface area contributed by atoms with Crippen LogP contribution in [0.25, 0.3) is 0 Å². The van der Waals surface area contributed by atoms with Crippen LogP contribution in [-0.2, 0) is 19.3 Å². The zero-order chi connectivity index (χ0) is 15.7. The van der Waals surface area contributed by atoms with E-state index >= 15 is 0 Å². The van der Waals surface area contributed by atoms with Gasteiger partial charge in [0.05, 0.1) is 0 Å². The van der Waals surface area contributed by atoms with E-state index in [1.807, 2.05) is 0 Å². The quantitative estimate of drug-likeness (QED) is 0.527. The fourth-order valence-electron chi connectivity index (χ4n) is 3.05. The molecule has 1 heteroatoms. The van der Waals surface area contributed by atoms with Crippen molar-refractivity contribution in [3.05, 3.63) is 28.8 Å². The maximum Gasteiger partial charge on any atom is 0.0396 e. The molecule has 1 rings (SSSR count). The van der Waals surface area contributed by atoms with Gasteiger partial charge in [0.25, 0.3) is 0 Å². The zero-order valence-corrected chi connectivity index (χ0v) is 15.0. The van der Waals surface area contributed by atoms with Crippen LogP contribution in [0.5, 0.6) is 0 Å². The van der Waals surface area contributed by atoms with Crippen LogP contribution in [-0.4, -0.2) is 14.1 Å². The van der Waals surface area contributed by atoms with E-state index in [2.05, 4.69) is 51.9 Å². The van der Waals surface area contributed by atoms with Gasteiger partial charge in [-0.05, 0) is 61.3 Å². The molecule has 0 saturated carbocycles. The van der Waals surface area contributed by atoms with Crippen molar-refractivity contribution in [1.29, 1.82) is 0 Å². The average Bonchev–Trinajstić information content (AvgIpc) is 2.48. The Morgan fingerprint density at radius 1 is 0.714 bits per heavy atom. The highest BCUT2D eigenvalue weighted by atomic mass is 15.1. The van der Waals surface area contributed by atoms with Crippen molar-refractivity contribution >= 4 is 5.69 Å². The first-order valence-electron chi connectivity index (χ1n) is 8.96. The largest absolute Gasteiger partial charge is 0.377 e. The molecule has 0 unspecified atom stereocenters. The average molecular weight is 290 g/mol. The molecule has 0 aromatic heterocycles. The van der Waals surface area contributed by atoms with Gasteiger partial charge in [-0.25, -0.2) is 0 Å². The number of hydrogen-bond acceptors (Lipinski definition) is 1. The van der Waals surface area contributed by atoms with E-state index in [0.717, 1.165) is 0 Å². The molecule has 1 aromatic carbocycles. The van der Waals surface area contributed by atoms with Gasteiger partial charge in [0.2, 0.25) is 0 Å². The van der Waals surface area contributed by atoms with Gasteiger partial charge in [0, 0.05) is 19.8 Å². The Labute approximate surface area is 132 Å². The molecule has 0 spiro atoms. The molecule has 1 nitrogen and oxygen atoms in total. The van der Waals surface area contributed by atoms with Crippen molar-refractivity contribution in [3.63, 3.8) is 0 Å². The molecule has 0 N–H and O–H groups in total. The summed E-state index contributed by atoms with van der Waals surface area (Å²) in [4.78, 5) is 2.30. The first-order valence-corrected chi connectivity index (χ1v) is 8.96. The van der Waals surface area contributed by atoms with Gasteiger partial charge in [-0.1, -0.05) is 46.1 Å². The van der Waals surface area contributed by atoms with Crippen LogP contribution in [0.3, 0.4) is 0 Å². The highest BCUT2D eigenvalue weighted by molar-refractivity contribution is 5.58. The molecule has 0 bridgehead atoms. The maximum absolute atomic E-state index is 2.39. The fraction of sp³-hybridized carbons (Fsp3) is 0.700. The van der Waals surface area contributed by atoms with Crippen LogP contribution in [0.2, 0.25) is 0 Å². The van der Waals surface area contributed by atoms with Crippen molar-refractivity contribution < 1.29 is 0 Å². The SMILES string of the molecule is CCCCc1ccc(N(C)C)c(CCCC)c1CCCC. The van der Waals surface area contributed by atoms with Gasteiger partial charge < -0.3 is 4.90 Å². The van der Waals surface area contributed by atoms with E-state index in [4.69, 9.17) is 0 Å². The minimum Gasteiger partial charge on any atom is -0.377 e. The zero-order valence-electron chi connectivity index (χ0n) is 15.0. The molecule has 0 saturated heterocycles. The fourth-order valence-corrected chi connectivity index (χ4v) is 3.05. The number of hydrogen-bond donors (Lipinski definition) is 0. The minimum absolute atomic E-state index is 1.24. The van der Waals surface area contributed by atoms with Crippen molar-refractivity contribution in [2.24, 2.45) is 0 Å². The normalized spacial score (nSPS) is 10.9. The number of rotatable bonds is 10. The smallest absolute Gasteiger partial charge is 0.0396 e. The van der Waals surface area contributed by atoms with E-state index in [1.54, 1.807) is 16.7 Å². The topological polar surface area (TPSA) is 3.24 Å². The summed E-state index contributed by atoms with van der Waals surface area (Å²) in [5.41, 5.74) is 6.35. The predicted molar refractivity (Wildman–Crippen MR) is 96.6 cm³/mol. The second kappa shape index (κ2) is 9.87. The number of aryl methyl sites for hydroxylation is 1. The Morgan fingerprint density at radius 2 is 1.24 bits per heavy atom. The van der Waals surface area contributed by atoms with E-state index in [-0.39, 0.29) is 0 Å². The third kappa shape index (κ3) is 5.37. The second-order valence-corrected chi connectivity index (χ2v) is 6.41. The standard InChI is InChI=1S/C20H35N/c1-6-9-12-17-15-16-20(21(4)5)19(14-11-8-3)18(17)13-10-7-2/h15-16H,6-14H2,1-5H3. The predicted octanol–water partition coefficient (Wildman–Crippen LogP) is 5.78. The van der Waals surface area contributed by atoms with Crippen molar-refractivity contribution in [2.75, 3.05) is 19.0 Å². The lowest BCUT2D eigenvalue weighted by Gasteiger charge is -2.23. The highest BCUT2D eigenvalue weighted by Gasteiger charge is 2.14. The van der Waals surface area contributed by atoms with Gasteiger partial charge in [-0.15, -0.1) is 0 Å². The summed E-state index contributed by atoms with van der Waals surface area (Å²) in [6, 6.07) is 4.75. The molecule has 120 valence electrons. The molecule has 0 atom stereocenters. The Hall–Kier alpha value is -0.980. The lowest BCUT2D eigenvalue weighted by molar-refractivity contribution is 0.734. The maximum atomic E-state index is 2.39. The Balaban J connectivity index is 3.19. The lowest BCUT2D eigenvalue weighted by Crippen LogP contribution is -2.14. The summed E-state index contributed by atoms with van der Waals surface area (Å²) in [7, 11) is 4.36. The molecule has 0 fully saturated rings. The van der Waals surface area contributed by atoms with Crippen LogP contribution >= 0.6 is 0 Å². The van der Waals surface area contributed by atoms with E-state index in [9.17, 15) is 0 Å². The molecule has 1 aromatic rings. The molecule has 21 heavy (non-hydrogen) atoms. The summed E-state index contributed by atoms with van der Waals surface area (Å²) in [6.07, 6.45) is 11.5. The van der Waals surface area contributed by atoms with E-state index < -0.39 is 0 Å². The molecular formula is C20H35N. The third-order valence-corrected chi connectivity index (χ3v) is 4.35. The number of nitrogens with zero attached hydrogens (tertiary/aromatic N) is 1. The number of benzene rings is 1. The first kappa shape index (κ1) is 18.1. The van der Waals surface area contributed by atoms with Gasteiger partial charge >= 0.3 is 0 Å². The summed E-state index contributed by atoms with van der Waals surface area (Å²) in [6.45, 7) is 6.88. The Morgan fingerprint density at radius 3 is 1.76 bits per heavy atom. The Bertz CT molecular complexity index is 407.